The second-order valence-corrected chi connectivity index (χ2v) is 3.96. The van der Waals surface area contributed by atoms with Gasteiger partial charge in [-0.1, -0.05) is 24.3 Å². The molecule has 1 atom stereocenters. The third kappa shape index (κ3) is 4.07. The summed E-state index contributed by atoms with van der Waals surface area (Å²) in [6.07, 6.45) is 4.96. The minimum atomic E-state index is 0.217. The third-order valence-corrected chi connectivity index (χ3v) is 2.48. The number of hydrogen-bond acceptors (Lipinski definition) is 2. The van der Waals surface area contributed by atoms with E-state index in [0.29, 0.717) is 0 Å². The van der Waals surface area contributed by atoms with E-state index in [1.165, 1.54) is 5.56 Å². The van der Waals surface area contributed by atoms with Crippen molar-refractivity contribution >= 4 is 0 Å². The van der Waals surface area contributed by atoms with Crippen LogP contribution in [0.25, 0.3) is 0 Å². The van der Waals surface area contributed by atoms with Gasteiger partial charge in [0.2, 0.25) is 0 Å². The highest BCUT2D eigenvalue weighted by Crippen LogP contribution is 2.21. The van der Waals surface area contributed by atoms with Gasteiger partial charge in [0.25, 0.3) is 0 Å². The molecule has 1 unspecified atom stereocenters. The van der Waals surface area contributed by atoms with Gasteiger partial charge in [0.05, 0.1) is 6.10 Å². The van der Waals surface area contributed by atoms with Crippen LogP contribution >= 0.6 is 0 Å². The lowest BCUT2D eigenvalue weighted by atomic mass is 10.1. The molecule has 1 aromatic carbocycles. The van der Waals surface area contributed by atoms with Crippen molar-refractivity contribution < 1.29 is 4.74 Å². The Morgan fingerprint density at radius 3 is 2.88 bits per heavy atom. The van der Waals surface area contributed by atoms with Gasteiger partial charge in [0, 0.05) is 0 Å². The smallest absolute Gasteiger partial charge is 0.123 e. The average Bonchev–Trinajstić information content (AvgIpc) is 2.29. The van der Waals surface area contributed by atoms with Crippen LogP contribution in [0.5, 0.6) is 5.75 Å². The van der Waals surface area contributed by atoms with Crippen molar-refractivity contribution in [2.24, 2.45) is 5.73 Å². The number of hydrogen-bond donors (Lipinski definition) is 1. The lowest BCUT2D eigenvalue weighted by Gasteiger charge is -2.16. The summed E-state index contributed by atoms with van der Waals surface area (Å²) in [6, 6.07) is 8.11. The van der Waals surface area contributed by atoms with E-state index in [-0.39, 0.29) is 6.10 Å². The predicted octanol–water partition coefficient (Wildman–Crippen LogP) is 2.92. The van der Waals surface area contributed by atoms with Gasteiger partial charge in [0.15, 0.2) is 0 Å². The molecule has 2 nitrogen and oxygen atoms in total. The molecule has 0 fully saturated rings. The Labute approximate surface area is 98.1 Å². The summed E-state index contributed by atoms with van der Waals surface area (Å²) in [4.78, 5) is 0. The molecule has 2 N–H and O–H groups in total. The molecule has 0 saturated carbocycles. The van der Waals surface area contributed by atoms with Crippen LogP contribution < -0.4 is 10.5 Å². The SMILES string of the molecule is C=CCc1ccccc1OC(C)CCCN. The van der Waals surface area contributed by atoms with Crippen LogP contribution in [0, 0.1) is 0 Å². The van der Waals surface area contributed by atoms with Crippen molar-refractivity contribution in [2.75, 3.05) is 6.54 Å². The number of para-hydroxylation sites is 1. The zero-order valence-electron chi connectivity index (χ0n) is 9.99. The van der Waals surface area contributed by atoms with E-state index in [9.17, 15) is 0 Å². The van der Waals surface area contributed by atoms with Crippen LogP contribution in [0.4, 0.5) is 0 Å². The van der Waals surface area contributed by atoms with Crippen molar-refractivity contribution in [3.05, 3.63) is 42.5 Å². The summed E-state index contributed by atoms with van der Waals surface area (Å²) in [5, 5.41) is 0. The highest BCUT2D eigenvalue weighted by atomic mass is 16.5. The summed E-state index contributed by atoms with van der Waals surface area (Å²) in [5.41, 5.74) is 6.67. The van der Waals surface area contributed by atoms with Crippen molar-refractivity contribution in [3.63, 3.8) is 0 Å². The van der Waals surface area contributed by atoms with Crippen LogP contribution in [0.2, 0.25) is 0 Å². The van der Waals surface area contributed by atoms with Crippen LogP contribution in [-0.4, -0.2) is 12.6 Å². The standard InChI is InChI=1S/C14H21NO/c1-3-7-13-9-4-5-10-14(13)16-12(2)8-6-11-15/h3-5,9-10,12H,1,6-8,11,15H2,2H3. The van der Waals surface area contributed by atoms with Crippen LogP contribution in [0.15, 0.2) is 36.9 Å². The van der Waals surface area contributed by atoms with Crippen molar-refractivity contribution in [2.45, 2.75) is 32.3 Å². The first-order valence-electron chi connectivity index (χ1n) is 5.83. The fourth-order valence-electron chi connectivity index (χ4n) is 1.62. The van der Waals surface area contributed by atoms with Crippen LogP contribution in [0.3, 0.4) is 0 Å². The van der Waals surface area contributed by atoms with E-state index in [1.54, 1.807) is 0 Å². The van der Waals surface area contributed by atoms with Gasteiger partial charge in [-0.05, 0) is 44.4 Å². The highest BCUT2D eigenvalue weighted by Gasteiger charge is 2.06. The molecule has 0 saturated heterocycles. The van der Waals surface area contributed by atoms with Gasteiger partial charge < -0.3 is 10.5 Å². The molecule has 2 heteroatoms. The van der Waals surface area contributed by atoms with E-state index < -0.39 is 0 Å². The van der Waals surface area contributed by atoms with E-state index in [1.807, 2.05) is 24.3 Å². The molecule has 1 aromatic rings. The fourth-order valence-corrected chi connectivity index (χ4v) is 1.62. The zero-order valence-corrected chi connectivity index (χ0v) is 9.99. The molecule has 88 valence electrons. The summed E-state index contributed by atoms with van der Waals surface area (Å²) < 4.78 is 5.90. The topological polar surface area (TPSA) is 35.2 Å². The van der Waals surface area contributed by atoms with Gasteiger partial charge in [-0.25, -0.2) is 0 Å². The Morgan fingerprint density at radius 1 is 1.44 bits per heavy atom. The molecule has 0 amide bonds. The van der Waals surface area contributed by atoms with Crippen LogP contribution in [-0.2, 0) is 6.42 Å². The minimum absolute atomic E-state index is 0.217. The number of nitrogens with two attached hydrogens (primary N) is 1. The molecule has 0 aliphatic heterocycles. The second kappa shape index (κ2) is 7.07. The lowest BCUT2D eigenvalue weighted by Crippen LogP contribution is -2.14. The maximum absolute atomic E-state index is 5.90. The Bertz CT molecular complexity index is 322. The van der Waals surface area contributed by atoms with E-state index in [2.05, 4.69) is 19.6 Å². The molecule has 0 heterocycles. The molecule has 0 spiro atoms. The monoisotopic (exact) mass is 219 g/mol. The fraction of sp³-hybridized carbons (Fsp3) is 0.429. The van der Waals surface area contributed by atoms with Crippen molar-refractivity contribution in [1.82, 2.24) is 0 Å². The van der Waals surface area contributed by atoms with Gasteiger partial charge in [-0.15, -0.1) is 6.58 Å². The normalized spacial score (nSPS) is 12.1. The molecule has 0 aliphatic carbocycles. The summed E-state index contributed by atoms with van der Waals surface area (Å²) in [5.74, 6) is 0.965. The summed E-state index contributed by atoms with van der Waals surface area (Å²) >= 11 is 0. The summed E-state index contributed by atoms with van der Waals surface area (Å²) in [7, 11) is 0. The molecule has 0 aliphatic rings. The average molecular weight is 219 g/mol. The number of ether oxygens (including phenoxy) is 1. The maximum Gasteiger partial charge on any atom is 0.123 e. The largest absolute Gasteiger partial charge is 0.490 e. The van der Waals surface area contributed by atoms with Crippen molar-refractivity contribution in [1.29, 1.82) is 0 Å². The van der Waals surface area contributed by atoms with Crippen LogP contribution in [0.1, 0.15) is 25.3 Å². The Hall–Kier alpha value is -1.28. The van der Waals surface area contributed by atoms with Gasteiger partial charge in [-0.2, -0.15) is 0 Å². The van der Waals surface area contributed by atoms with E-state index in [4.69, 9.17) is 10.5 Å². The molecular formula is C14H21NO. The first-order chi connectivity index (χ1) is 7.77. The third-order valence-electron chi connectivity index (χ3n) is 2.48. The van der Waals surface area contributed by atoms with Gasteiger partial charge >= 0.3 is 0 Å². The lowest BCUT2D eigenvalue weighted by molar-refractivity contribution is 0.207. The first-order valence-corrected chi connectivity index (χ1v) is 5.83. The second-order valence-electron chi connectivity index (χ2n) is 3.96. The quantitative estimate of drug-likeness (QED) is 0.716. The Morgan fingerprint density at radius 2 is 2.19 bits per heavy atom. The maximum atomic E-state index is 5.90. The number of benzene rings is 1. The Kier molecular flexibility index (Phi) is 5.65. The first kappa shape index (κ1) is 12.8. The zero-order chi connectivity index (χ0) is 11.8. The Balaban J connectivity index is 2.60. The highest BCUT2D eigenvalue weighted by molar-refractivity contribution is 5.34. The molecule has 0 radical (unpaired) electrons. The summed E-state index contributed by atoms with van der Waals surface area (Å²) in [6.45, 7) is 6.56. The molecule has 1 rings (SSSR count). The molecular weight excluding hydrogens is 198 g/mol. The minimum Gasteiger partial charge on any atom is -0.490 e. The predicted molar refractivity (Wildman–Crippen MR) is 68.7 cm³/mol. The molecule has 0 aromatic heterocycles. The number of rotatable bonds is 7. The van der Waals surface area contributed by atoms with Gasteiger partial charge in [0.1, 0.15) is 5.75 Å². The number of allylic oxidation sites excluding steroid dienone is 1. The van der Waals surface area contributed by atoms with E-state index >= 15 is 0 Å². The van der Waals surface area contributed by atoms with Crippen molar-refractivity contribution in [3.8, 4) is 5.75 Å². The molecule has 16 heavy (non-hydrogen) atoms. The van der Waals surface area contributed by atoms with Gasteiger partial charge in [-0.3, -0.25) is 0 Å². The molecule has 0 bridgehead atoms. The van der Waals surface area contributed by atoms with E-state index in [0.717, 1.165) is 31.6 Å².